The molecule has 0 saturated heterocycles. The predicted molar refractivity (Wildman–Crippen MR) is 87.5 cm³/mol. The standard InChI is InChI=1S/C17H24BrNO/c1-17(2,3)14-9-5-4-8-13(14)16(20)19-11-12-7-6-10-15(12)18/h4-5,8-9,12,15H,6-7,10-11H2,1-3H3,(H,19,20). The number of hydrogen-bond donors (Lipinski definition) is 1. The summed E-state index contributed by atoms with van der Waals surface area (Å²) in [5.41, 5.74) is 1.91. The average Bonchev–Trinajstić information content (AvgIpc) is 2.80. The fourth-order valence-electron chi connectivity index (χ4n) is 2.88. The van der Waals surface area contributed by atoms with Crippen LogP contribution in [0.1, 0.15) is 56.0 Å². The highest BCUT2D eigenvalue weighted by atomic mass is 79.9. The van der Waals surface area contributed by atoms with Crippen LogP contribution in [0.5, 0.6) is 0 Å². The van der Waals surface area contributed by atoms with E-state index in [1.807, 2.05) is 18.2 Å². The molecule has 1 aromatic rings. The largest absolute Gasteiger partial charge is 0.352 e. The first-order valence-electron chi connectivity index (χ1n) is 7.41. The van der Waals surface area contributed by atoms with E-state index in [0.29, 0.717) is 10.7 Å². The summed E-state index contributed by atoms with van der Waals surface area (Å²) in [5.74, 6) is 0.628. The molecule has 3 heteroatoms. The van der Waals surface area contributed by atoms with Crippen molar-refractivity contribution >= 4 is 21.8 Å². The molecule has 0 bridgehead atoms. The fourth-order valence-corrected chi connectivity index (χ4v) is 3.65. The first-order chi connectivity index (χ1) is 9.39. The van der Waals surface area contributed by atoms with Crippen molar-refractivity contribution in [2.45, 2.75) is 50.3 Å². The van der Waals surface area contributed by atoms with E-state index in [0.717, 1.165) is 17.7 Å². The van der Waals surface area contributed by atoms with Crippen LogP contribution in [-0.2, 0) is 5.41 Å². The zero-order valence-electron chi connectivity index (χ0n) is 12.6. The summed E-state index contributed by atoms with van der Waals surface area (Å²) in [6, 6.07) is 7.92. The molecule has 0 aliphatic heterocycles. The van der Waals surface area contributed by atoms with Crippen LogP contribution in [0.4, 0.5) is 0 Å². The third-order valence-electron chi connectivity index (χ3n) is 4.07. The molecule has 1 aliphatic rings. The third kappa shape index (κ3) is 3.63. The van der Waals surface area contributed by atoms with E-state index in [-0.39, 0.29) is 11.3 Å². The summed E-state index contributed by atoms with van der Waals surface area (Å²) in [7, 11) is 0. The van der Waals surface area contributed by atoms with Gasteiger partial charge in [-0.1, -0.05) is 61.3 Å². The lowest BCUT2D eigenvalue weighted by molar-refractivity contribution is 0.0945. The molecule has 1 amide bonds. The summed E-state index contributed by atoms with van der Waals surface area (Å²) in [5, 5.41) is 3.11. The molecule has 20 heavy (non-hydrogen) atoms. The molecule has 1 aromatic carbocycles. The molecule has 110 valence electrons. The Hall–Kier alpha value is -0.830. The second-order valence-electron chi connectivity index (χ2n) is 6.71. The highest BCUT2D eigenvalue weighted by Crippen LogP contribution is 2.31. The Balaban J connectivity index is 2.06. The Morgan fingerprint density at radius 1 is 1.30 bits per heavy atom. The number of amides is 1. The van der Waals surface area contributed by atoms with Crippen molar-refractivity contribution in [2.24, 2.45) is 5.92 Å². The second-order valence-corrected chi connectivity index (χ2v) is 7.89. The van der Waals surface area contributed by atoms with Gasteiger partial charge in [-0.15, -0.1) is 0 Å². The minimum atomic E-state index is -0.0146. The van der Waals surface area contributed by atoms with Gasteiger partial charge in [-0.25, -0.2) is 0 Å². The molecule has 2 unspecified atom stereocenters. The van der Waals surface area contributed by atoms with Crippen molar-refractivity contribution in [1.82, 2.24) is 5.32 Å². The van der Waals surface area contributed by atoms with E-state index in [1.165, 1.54) is 19.3 Å². The van der Waals surface area contributed by atoms with Gasteiger partial charge in [-0.3, -0.25) is 4.79 Å². The molecule has 2 atom stereocenters. The maximum absolute atomic E-state index is 12.4. The molecule has 1 fully saturated rings. The molecule has 2 nitrogen and oxygen atoms in total. The summed E-state index contributed by atoms with van der Waals surface area (Å²) >= 11 is 3.71. The number of benzene rings is 1. The summed E-state index contributed by atoms with van der Waals surface area (Å²) in [4.78, 5) is 13.0. The Labute approximate surface area is 130 Å². The average molecular weight is 338 g/mol. The van der Waals surface area contributed by atoms with E-state index < -0.39 is 0 Å². The molecule has 1 N–H and O–H groups in total. The van der Waals surface area contributed by atoms with Gasteiger partial charge in [0, 0.05) is 16.9 Å². The van der Waals surface area contributed by atoms with Gasteiger partial charge in [0.25, 0.3) is 5.91 Å². The summed E-state index contributed by atoms with van der Waals surface area (Å²) in [6.07, 6.45) is 3.69. The Kier molecular flexibility index (Phi) is 4.90. The normalized spacial score (nSPS) is 22.8. The van der Waals surface area contributed by atoms with E-state index in [2.05, 4.69) is 48.1 Å². The zero-order chi connectivity index (χ0) is 14.8. The lowest BCUT2D eigenvalue weighted by Gasteiger charge is -2.23. The van der Waals surface area contributed by atoms with Crippen LogP contribution < -0.4 is 5.32 Å². The van der Waals surface area contributed by atoms with Gasteiger partial charge in [0.05, 0.1) is 0 Å². The van der Waals surface area contributed by atoms with E-state index in [9.17, 15) is 4.79 Å². The molecular formula is C17H24BrNO. The minimum absolute atomic E-state index is 0.0146. The SMILES string of the molecule is CC(C)(C)c1ccccc1C(=O)NCC1CCCC1Br. The van der Waals surface area contributed by atoms with Gasteiger partial charge in [-0.05, 0) is 35.8 Å². The van der Waals surface area contributed by atoms with Crippen molar-refractivity contribution in [3.05, 3.63) is 35.4 Å². The van der Waals surface area contributed by atoms with Gasteiger partial charge >= 0.3 is 0 Å². The van der Waals surface area contributed by atoms with Crippen LogP contribution in [0.25, 0.3) is 0 Å². The molecular weight excluding hydrogens is 314 g/mol. The molecule has 1 saturated carbocycles. The van der Waals surface area contributed by atoms with Crippen molar-refractivity contribution in [3.63, 3.8) is 0 Å². The van der Waals surface area contributed by atoms with Crippen molar-refractivity contribution in [1.29, 1.82) is 0 Å². The Morgan fingerprint density at radius 3 is 2.60 bits per heavy atom. The molecule has 2 rings (SSSR count). The van der Waals surface area contributed by atoms with Gasteiger partial charge < -0.3 is 5.32 Å². The second kappa shape index (κ2) is 6.30. The molecule has 1 aliphatic carbocycles. The van der Waals surface area contributed by atoms with Crippen LogP contribution in [-0.4, -0.2) is 17.3 Å². The maximum Gasteiger partial charge on any atom is 0.251 e. The number of alkyl halides is 1. The number of hydrogen-bond acceptors (Lipinski definition) is 1. The minimum Gasteiger partial charge on any atom is -0.352 e. The number of rotatable bonds is 3. The van der Waals surface area contributed by atoms with Crippen LogP contribution in [0.2, 0.25) is 0 Å². The first kappa shape index (κ1) is 15.6. The lowest BCUT2D eigenvalue weighted by atomic mass is 9.83. The smallest absolute Gasteiger partial charge is 0.251 e. The number of carbonyl (C=O) groups is 1. The van der Waals surface area contributed by atoms with E-state index in [4.69, 9.17) is 0 Å². The molecule has 0 radical (unpaired) electrons. The zero-order valence-corrected chi connectivity index (χ0v) is 14.2. The maximum atomic E-state index is 12.4. The quantitative estimate of drug-likeness (QED) is 0.819. The van der Waals surface area contributed by atoms with Crippen LogP contribution in [0.3, 0.4) is 0 Å². The summed E-state index contributed by atoms with van der Waals surface area (Å²) in [6.45, 7) is 7.20. The number of halogens is 1. The Morgan fingerprint density at radius 2 is 2.00 bits per heavy atom. The lowest BCUT2D eigenvalue weighted by Crippen LogP contribution is -2.32. The molecule has 0 spiro atoms. The Bertz CT molecular complexity index is 478. The fraction of sp³-hybridized carbons (Fsp3) is 0.588. The van der Waals surface area contributed by atoms with Crippen LogP contribution in [0.15, 0.2) is 24.3 Å². The number of nitrogens with one attached hydrogen (secondary N) is 1. The summed E-state index contributed by atoms with van der Waals surface area (Å²) < 4.78 is 0. The van der Waals surface area contributed by atoms with Crippen LogP contribution in [0, 0.1) is 5.92 Å². The number of carbonyl (C=O) groups excluding carboxylic acids is 1. The van der Waals surface area contributed by atoms with Gasteiger partial charge in [-0.2, -0.15) is 0 Å². The predicted octanol–water partition coefficient (Wildman–Crippen LogP) is 4.28. The van der Waals surface area contributed by atoms with Crippen molar-refractivity contribution in [2.75, 3.05) is 6.54 Å². The van der Waals surface area contributed by atoms with E-state index >= 15 is 0 Å². The molecule has 0 aromatic heterocycles. The highest BCUT2D eigenvalue weighted by molar-refractivity contribution is 9.09. The van der Waals surface area contributed by atoms with Gasteiger partial charge in [0.1, 0.15) is 0 Å². The third-order valence-corrected chi connectivity index (χ3v) is 5.28. The van der Waals surface area contributed by atoms with Crippen LogP contribution >= 0.6 is 15.9 Å². The molecule has 0 heterocycles. The van der Waals surface area contributed by atoms with E-state index in [1.54, 1.807) is 0 Å². The highest BCUT2D eigenvalue weighted by Gasteiger charge is 2.26. The van der Waals surface area contributed by atoms with Gasteiger partial charge in [0.2, 0.25) is 0 Å². The topological polar surface area (TPSA) is 29.1 Å². The van der Waals surface area contributed by atoms with Crippen molar-refractivity contribution in [3.8, 4) is 0 Å². The first-order valence-corrected chi connectivity index (χ1v) is 8.33. The monoisotopic (exact) mass is 337 g/mol. The van der Waals surface area contributed by atoms with Gasteiger partial charge in [0.15, 0.2) is 0 Å². The van der Waals surface area contributed by atoms with Crippen molar-refractivity contribution < 1.29 is 4.79 Å².